The number of carboxylic acid groups (broad SMARTS) is 1. The largest absolute Gasteiger partial charge is 0.478 e. The highest BCUT2D eigenvalue weighted by Crippen LogP contribution is 2.25. The topological polar surface area (TPSA) is 94.7 Å². The Morgan fingerprint density at radius 3 is 2.60 bits per heavy atom. The Morgan fingerprint density at radius 2 is 1.90 bits per heavy atom. The number of carbonyl (C=O) groups is 1. The molecule has 102 valence electrons. The zero-order chi connectivity index (χ0) is 14.4. The Balaban J connectivity index is 2.23. The van der Waals surface area contributed by atoms with Crippen molar-refractivity contribution in [2.45, 2.75) is 20.8 Å². The first kappa shape index (κ1) is 12.4. The quantitative estimate of drug-likeness (QED) is 0.667. The average molecular weight is 270 g/mol. The summed E-state index contributed by atoms with van der Waals surface area (Å²) in [5.74, 6) is -0.550. The molecule has 6 heteroatoms. The van der Waals surface area contributed by atoms with E-state index in [0.29, 0.717) is 17.2 Å². The Kier molecular flexibility index (Phi) is 2.60. The summed E-state index contributed by atoms with van der Waals surface area (Å²) in [6.45, 7) is 5.72. The van der Waals surface area contributed by atoms with Crippen LogP contribution in [0, 0.1) is 20.8 Å². The van der Waals surface area contributed by atoms with Crippen LogP contribution in [0.15, 0.2) is 12.1 Å². The van der Waals surface area contributed by atoms with Crippen molar-refractivity contribution >= 4 is 17.0 Å². The Morgan fingerprint density at radius 1 is 1.20 bits per heavy atom. The number of carboxylic acids is 1. The molecule has 0 atom stereocenters. The van der Waals surface area contributed by atoms with Crippen LogP contribution in [0.1, 0.15) is 27.2 Å². The van der Waals surface area contributed by atoms with Gasteiger partial charge in [0.25, 0.3) is 0 Å². The van der Waals surface area contributed by atoms with Crippen LogP contribution in [-0.2, 0) is 0 Å². The van der Waals surface area contributed by atoms with Crippen molar-refractivity contribution in [3.63, 3.8) is 0 Å². The first-order valence-electron chi connectivity index (χ1n) is 6.23. The fourth-order valence-electron chi connectivity index (χ4n) is 2.24. The third kappa shape index (κ3) is 1.77. The number of aryl methyl sites for hydroxylation is 3. The number of aromatic carboxylic acids is 1. The molecule has 0 unspecified atom stereocenters. The number of fused-ring (bicyclic) bond motifs is 1. The van der Waals surface area contributed by atoms with Crippen LogP contribution in [-0.4, -0.2) is 31.2 Å². The van der Waals surface area contributed by atoms with E-state index in [4.69, 9.17) is 0 Å². The summed E-state index contributed by atoms with van der Waals surface area (Å²) >= 11 is 0. The third-order valence-corrected chi connectivity index (χ3v) is 3.48. The lowest BCUT2D eigenvalue weighted by Gasteiger charge is -1.97. The number of H-pyrrole nitrogens is 2. The van der Waals surface area contributed by atoms with Gasteiger partial charge in [-0.25, -0.2) is 9.78 Å². The normalized spacial score (nSPS) is 11.2. The lowest BCUT2D eigenvalue weighted by molar-refractivity contribution is 0.0697. The van der Waals surface area contributed by atoms with Gasteiger partial charge in [-0.1, -0.05) is 0 Å². The standard InChI is InChI=1S/C14H14N4O2/c1-6-4-9-10(5-7(6)2)16-13(15-9)12-11(14(19)20)8(3)17-18-12/h4-5H,1-3H3,(H,15,16)(H,17,18)(H,19,20). The monoisotopic (exact) mass is 270 g/mol. The molecule has 6 nitrogen and oxygen atoms in total. The van der Waals surface area contributed by atoms with Crippen LogP contribution < -0.4 is 0 Å². The molecule has 0 spiro atoms. The van der Waals surface area contributed by atoms with Crippen LogP contribution in [0.5, 0.6) is 0 Å². The third-order valence-electron chi connectivity index (χ3n) is 3.48. The first-order valence-corrected chi connectivity index (χ1v) is 6.23. The summed E-state index contributed by atoms with van der Waals surface area (Å²) in [6, 6.07) is 3.98. The van der Waals surface area contributed by atoms with Crippen molar-refractivity contribution in [2.75, 3.05) is 0 Å². The lowest BCUT2D eigenvalue weighted by atomic mass is 10.1. The van der Waals surface area contributed by atoms with E-state index in [1.165, 1.54) is 0 Å². The average Bonchev–Trinajstić information content (AvgIpc) is 2.93. The molecule has 3 rings (SSSR count). The zero-order valence-electron chi connectivity index (χ0n) is 11.4. The predicted octanol–water partition coefficient (Wildman–Crippen LogP) is 2.58. The van der Waals surface area contributed by atoms with E-state index >= 15 is 0 Å². The molecule has 3 N–H and O–H groups in total. The van der Waals surface area contributed by atoms with Gasteiger partial charge in [0, 0.05) is 5.69 Å². The molecule has 1 aromatic carbocycles. The van der Waals surface area contributed by atoms with Gasteiger partial charge in [0.05, 0.1) is 11.0 Å². The molecule has 0 saturated carbocycles. The minimum atomic E-state index is -1.01. The fourth-order valence-corrected chi connectivity index (χ4v) is 2.24. The minimum absolute atomic E-state index is 0.150. The van der Waals surface area contributed by atoms with Crippen molar-refractivity contribution in [1.82, 2.24) is 20.2 Å². The zero-order valence-corrected chi connectivity index (χ0v) is 11.4. The van der Waals surface area contributed by atoms with Crippen molar-refractivity contribution in [2.24, 2.45) is 0 Å². The first-order chi connectivity index (χ1) is 9.47. The Bertz CT molecular complexity index is 790. The Hall–Kier alpha value is -2.63. The number of nitrogens with one attached hydrogen (secondary N) is 2. The molecule has 0 radical (unpaired) electrons. The molecular weight excluding hydrogens is 256 g/mol. The molecule has 2 aromatic heterocycles. The van der Waals surface area contributed by atoms with Gasteiger partial charge >= 0.3 is 5.97 Å². The van der Waals surface area contributed by atoms with E-state index in [1.54, 1.807) is 6.92 Å². The number of nitrogens with zero attached hydrogens (tertiary/aromatic N) is 2. The van der Waals surface area contributed by atoms with E-state index in [-0.39, 0.29) is 5.56 Å². The maximum Gasteiger partial charge on any atom is 0.339 e. The molecule has 0 aliphatic rings. The van der Waals surface area contributed by atoms with Crippen molar-refractivity contribution in [1.29, 1.82) is 0 Å². The van der Waals surface area contributed by atoms with E-state index in [1.807, 2.05) is 26.0 Å². The summed E-state index contributed by atoms with van der Waals surface area (Å²) in [5, 5.41) is 16.0. The molecule has 0 aliphatic carbocycles. The molecule has 2 heterocycles. The summed E-state index contributed by atoms with van der Waals surface area (Å²) in [7, 11) is 0. The second-order valence-electron chi connectivity index (χ2n) is 4.92. The molecule has 20 heavy (non-hydrogen) atoms. The minimum Gasteiger partial charge on any atom is -0.478 e. The second-order valence-corrected chi connectivity index (χ2v) is 4.92. The number of aromatic nitrogens is 4. The van der Waals surface area contributed by atoms with Gasteiger partial charge < -0.3 is 10.1 Å². The van der Waals surface area contributed by atoms with E-state index in [9.17, 15) is 9.90 Å². The van der Waals surface area contributed by atoms with Crippen LogP contribution in [0.3, 0.4) is 0 Å². The van der Waals surface area contributed by atoms with E-state index in [0.717, 1.165) is 22.2 Å². The maximum absolute atomic E-state index is 11.3. The Labute approximate surface area is 114 Å². The SMILES string of the molecule is Cc1cc2nc(-c3n[nH]c(C)c3C(=O)O)[nH]c2cc1C. The molecule has 0 fully saturated rings. The maximum atomic E-state index is 11.3. The summed E-state index contributed by atoms with van der Waals surface area (Å²) in [6.07, 6.45) is 0. The number of imidazole rings is 1. The second kappa shape index (κ2) is 4.19. The highest BCUT2D eigenvalue weighted by Gasteiger charge is 2.21. The van der Waals surface area contributed by atoms with Gasteiger partial charge in [0.1, 0.15) is 11.3 Å². The number of rotatable bonds is 2. The molecule has 0 bridgehead atoms. The highest BCUT2D eigenvalue weighted by molar-refractivity contribution is 5.96. The predicted molar refractivity (Wildman–Crippen MR) is 74.8 cm³/mol. The molecular formula is C14H14N4O2. The fraction of sp³-hybridized carbons (Fsp3) is 0.214. The van der Waals surface area contributed by atoms with Crippen LogP contribution in [0.2, 0.25) is 0 Å². The number of benzene rings is 1. The van der Waals surface area contributed by atoms with E-state index < -0.39 is 5.97 Å². The number of aromatic amines is 2. The number of hydrogen-bond acceptors (Lipinski definition) is 3. The highest BCUT2D eigenvalue weighted by atomic mass is 16.4. The van der Waals surface area contributed by atoms with E-state index in [2.05, 4.69) is 20.2 Å². The molecule has 0 amide bonds. The van der Waals surface area contributed by atoms with Crippen molar-refractivity contribution in [3.8, 4) is 11.5 Å². The van der Waals surface area contributed by atoms with Gasteiger partial charge in [-0.2, -0.15) is 5.10 Å². The summed E-state index contributed by atoms with van der Waals surface area (Å²) in [4.78, 5) is 18.9. The molecule has 0 saturated heterocycles. The van der Waals surface area contributed by atoms with Gasteiger partial charge in [-0.3, -0.25) is 5.10 Å². The van der Waals surface area contributed by atoms with Gasteiger partial charge in [-0.05, 0) is 44.0 Å². The molecule has 3 aromatic rings. The lowest BCUT2D eigenvalue weighted by Crippen LogP contribution is -2.00. The molecule has 0 aliphatic heterocycles. The summed E-state index contributed by atoms with van der Waals surface area (Å²) in [5.41, 5.74) is 4.98. The van der Waals surface area contributed by atoms with Crippen molar-refractivity contribution < 1.29 is 9.90 Å². The van der Waals surface area contributed by atoms with Gasteiger partial charge in [0.2, 0.25) is 0 Å². The van der Waals surface area contributed by atoms with Gasteiger partial charge in [0.15, 0.2) is 5.82 Å². The smallest absolute Gasteiger partial charge is 0.339 e. The van der Waals surface area contributed by atoms with Crippen molar-refractivity contribution in [3.05, 3.63) is 34.5 Å². The van der Waals surface area contributed by atoms with Crippen LogP contribution >= 0.6 is 0 Å². The van der Waals surface area contributed by atoms with Gasteiger partial charge in [-0.15, -0.1) is 0 Å². The summed E-state index contributed by atoms with van der Waals surface area (Å²) < 4.78 is 0. The van der Waals surface area contributed by atoms with Crippen LogP contribution in [0.25, 0.3) is 22.6 Å². The number of hydrogen-bond donors (Lipinski definition) is 3. The van der Waals surface area contributed by atoms with Crippen LogP contribution in [0.4, 0.5) is 0 Å².